The number of aromatic nitrogens is 3. The van der Waals surface area contributed by atoms with Crippen LogP contribution in [-0.4, -0.2) is 81.4 Å². The molecule has 1 aromatic heterocycles. The molecular formula is C38H37ClF3N7O4. The third-order valence-electron chi connectivity index (χ3n) is 10.0. The summed E-state index contributed by atoms with van der Waals surface area (Å²) in [4.78, 5) is 55.0. The fraction of sp³-hybridized carbons (Fsp3) is 0.368. The first kappa shape index (κ1) is 36.1. The lowest BCUT2D eigenvalue weighted by atomic mass is 9.92. The normalized spacial score (nSPS) is 18.7. The maximum Gasteiger partial charge on any atom is 0.422 e. The molecule has 0 bridgehead atoms. The van der Waals surface area contributed by atoms with Gasteiger partial charge in [-0.1, -0.05) is 53.6 Å². The van der Waals surface area contributed by atoms with Gasteiger partial charge in [0.25, 0.3) is 5.91 Å². The Bertz CT molecular complexity index is 1980. The van der Waals surface area contributed by atoms with Crippen LogP contribution >= 0.6 is 11.6 Å². The van der Waals surface area contributed by atoms with Crippen LogP contribution in [0.3, 0.4) is 0 Å². The van der Waals surface area contributed by atoms with Crippen LogP contribution in [-0.2, 0) is 28.0 Å². The highest BCUT2D eigenvalue weighted by molar-refractivity contribution is 6.35. The molecule has 53 heavy (non-hydrogen) atoms. The number of benzene rings is 3. The first-order valence-electron chi connectivity index (χ1n) is 17.3. The lowest BCUT2D eigenvalue weighted by Gasteiger charge is -2.22. The van der Waals surface area contributed by atoms with Gasteiger partial charge in [-0.25, -0.2) is 0 Å². The van der Waals surface area contributed by atoms with E-state index in [1.807, 2.05) is 43.3 Å². The van der Waals surface area contributed by atoms with Crippen LogP contribution in [0, 0.1) is 18.8 Å². The molecule has 0 radical (unpaired) electrons. The van der Waals surface area contributed by atoms with Crippen molar-refractivity contribution < 1.29 is 32.3 Å². The van der Waals surface area contributed by atoms with Gasteiger partial charge in [0.05, 0.1) is 0 Å². The van der Waals surface area contributed by atoms with Crippen molar-refractivity contribution in [3.63, 3.8) is 0 Å². The van der Waals surface area contributed by atoms with E-state index < -0.39 is 30.6 Å². The number of hydrogen-bond acceptors (Lipinski definition) is 8. The number of ether oxygens (including phenoxy) is 1. The molecule has 276 valence electrons. The Balaban J connectivity index is 0.954. The molecule has 1 saturated carbocycles. The second-order valence-electron chi connectivity index (χ2n) is 14.0. The van der Waals surface area contributed by atoms with Gasteiger partial charge < -0.3 is 25.2 Å². The smallest absolute Gasteiger partial charge is 0.422 e. The van der Waals surface area contributed by atoms with Crippen LogP contribution in [0.4, 0.5) is 24.8 Å². The Morgan fingerprint density at radius 1 is 0.868 bits per heavy atom. The molecule has 7 rings (SSSR count). The van der Waals surface area contributed by atoms with E-state index >= 15 is 0 Å². The molecule has 3 aromatic carbocycles. The molecule has 3 aliphatic rings. The van der Waals surface area contributed by atoms with E-state index in [1.54, 1.807) is 46.2 Å². The van der Waals surface area contributed by atoms with Crippen molar-refractivity contribution in [2.24, 2.45) is 11.8 Å². The third kappa shape index (κ3) is 8.70. The molecule has 0 spiro atoms. The quantitative estimate of drug-likeness (QED) is 0.200. The van der Waals surface area contributed by atoms with Crippen LogP contribution in [0.1, 0.15) is 45.7 Å². The standard InChI is InChI=1S/C38H37ClF3N7O4/c1-23-2-4-24(5-3-23)17-43-32(50)34(52)49-20-26-18-48(19-27(26)21-49)33(51)25-6-12-30(13-7-25)44-35-45-31(46-36(47-35)53-22-38(40,41)42)16-37(14-15-37)28-8-10-29(39)11-9-28/h2-13,26-27H,14-22H2,1H3,(H,43,50)(H,44,45,46,47). The Morgan fingerprint density at radius 2 is 1.51 bits per heavy atom. The van der Waals surface area contributed by atoms with Gasteiger partial charge in [-0.05, 0) is 67.3 Å². The topological polar surface area (TPSA) is 130 Å². The van der Waals surface area contributed by atoms with Crippen molar-refractivity contribution in [3.05, 3.63) is 106 Å². The largest absolute Gasteiger partial charge is 0.454 e. The number of aryl methyl sites for hydroxylation is 1. The van der Waals surface area contributed by atoms with Crippen molar-refractivity contribution >= 4 is 41.0 Å². The molecule has 4 aromatic rings. The summed E-state index contributed by atoms with van der Waals surface area (Å²) >= 11 is 6.07. The highest BCUT2D eigenvalue weighted by Crippen LogP contribution is 2.50. The van der Waals surface area contributed by atoms with Crippen LogP contribution in [0.5, 0.6) is 6.01 Å². The Labute approximate surface area is 308 Å². The fourth-order valence-corrected chi connectivity index (χ4v) is 7.13. The van der Waals surface area contributed by atoms with Crippen LogP contribution < -0.4 is 15.4 Å². The summed E-state index contributed by atoms with van der Waals surface area (Å²) in [6.07, 6.45) is -2.49. The number of anilines is 2. The molecule has 2 aliphatic heterocycles. The Kier molecular flexibility index (Phi) is 9.99. The molecule has 2 saturated heterocycles. The monoisotopic (exact) mass is 747 g/mol. The second kappa shape index (κ2) is 14.6. The first-order valence-corrected chi connectivity index (χ1v) is 17.7. The van der Waals surface area contributed by atoms with E-state index in [0.717, 1.165) is 29.5 Å². The summed E-state index contributed by atoms with van der Waals surface area (Å²) in [6, 6.07) is 21.3. The predicted octanol–water partition coefficient (Wildman–Crippen LogP) is 5.64. The Hall–Kier alpha value is -5.24. The number of alkyl halides is 3. The molecular weight excluding hydrogens is 711 g/mol. The van der Waals surface area contributed by atoms with E-state index in [0.29, 0.717) is 48.9 Å². The summed E-state index contributed by atoms with van der Waals surface area (Å²) in [5, 5.41) is 6.32. The molecule has 11 nitrogen and oxygen atoms in total. The Morgan fingerprint density at radius 3 is 2.13 bits per heavy atom. The molecule has 2 atom stereocenters. The molecule has 3 fully saturated rings. The SMILES string of the molecule is Cc1ccc(CNC(=O)C(=O)N2CC3CN(C(=O)c4ccc(Nc5nc(CC6(c7ccc(Cl)cc7)CC6)nc(OCC(F)(F)F)n5)cc4)CC3C2)cc1. The third-order valence-corrected chi connectivity index (χ3v) is 10.3. The number of halogens is 4. The zero-order valence-electron chi connectivity index (χ0n) is 28.8. The minimum absolute atomic E-state index is 0.00783. The lowest BCUT2D eigenvalue weighted by Crippen LogP contribution is -2.43. The van der Waals surface area contributed by atoms with E-state index in [2.05, 4.69) is 25.6 Å². The fourth-order valence-electron chi connectivity index (χ4n) is 7.01. The molecule has 3 amide bonds. The van der Waals surface area contributed by atoms with Crippen LogP contribution in [0.15, 0.2) is 72.8 Å². The van der Waals surface area contributed by atoms with E-state index in [4.69, 9.17) is 16.3 Å². The van der Waals surface area contributed by atoms with Gasteiger partial charge in [0.15, 0.2) is 6.61 Å². The molecule has 3 heterocycles. The number of carbonyl (C=O) groups is 3. The summed E-state index contributed by atoms with van der Waals surface area (Å²) in [6.45, 7) is 2.42. The van der Waals surface area contributed by atoms with Crippen molar-refractivity contribution in [3.8, 4) is 6.01 Å². The van der Waals surface area contributed by atoms with E-state index in [9.17, 15) is 27.6 Å². The highest BCUT2D eigenvalue weighted by atomic mass is 35.5. The zero-order valence-corrected chi connectivity index (χ0v) is 29.6. The van der Waals surface area contributed by atoms with Gasteiger partial charge in [0.1, 0.15) is 5.82 Å². The molecule has 2 unspecified atom stereocenters. The number of amides is 3. The molecule has 1 aliphatic carbocycles. The zero-order chi connectivity index (χ0) is 37.3. The summed E-state index contributed by atoms with van der Waals surface area (Å²) in [5.41, 5.74) is 3.75. The van der Waals surface area contributed by atoms with E-state index in [1.165, 1.54) is 0 Å². The number of rotatable bonds is 10. The van der Waals surface area contributed by atoms with Crippen molar-refractivity contribution in [1.29, 1.82) is 0 Å². The average Bonchev–Trinajstić information content (AvgIpc) is 3.63. The lowest BCUT2D eigenvalue weighted by molar-refractivity contribution is -0.154. The summed E-state index contributed by atoms with van der Waals surface area (Å²) in [7, 11) is 0. The summed E-state index contributed by atoms with van der Waals surface area (Å²) < 4.78 is 43.9. The maximum atomic E-state index is 13.4. The van der Waals surface area contributed by atoms with Crippen molar-refractivity contribution in [2.75, 3.05) is 38.1 Å². The number of likely N-dealkylation sites (tertiary alicyclic amines) is 2. The number of fused-ring (bicyclic) bond motifs is 1. The van der Waals surface area contributed by atoms with Gasteiger partial charge in [0, 0.05) is 72.7 Å². The average molecular weight is 748 g/mol. The van der Waals surface area contributed by atoms with Gasteiger partial charge in [-0.2, -0.15) is 28.1 Å². The van der Waals surface area contributed by atoms with Crippen LogP contribution in [0.2, 0.25) is 5.02 Å². The van der Waals surface area contributed by atoms with Gasteiger partial charge in [0.2, 0.25) is 5.95 Å². The maximum absolute atomic E-state index is 13.4. The van der Waals surface area contributed by atoms with Crippen LogP contribution in [0.25, 0.3) is 0 Å². The number of nitrogens with zero attached hydrogens (tertiary/aromatic N) is 5. The number of nitrogens with one attached hydrogen (secondary N) is 2. The minimum atomic E-state index is -4.58. The van der Waals surface area contributed by atoms with Gasteiger partial charge in [-0.15, -0.1) is 0 Å². The first-order chi connectivity index (χ1) is 25.3. The van der Waals surface area contributed by atoms with E-state index in [-0.39, 0.29) is 41.5 Å². The minimum Gasteiger partial charge on any atom is -0.454 e. The predicted molar refractivity (Wildman–Crippen MR) is 190 cm³/mol. The number of carbonyl (C=O) groups excluding carboxylic acids is 3. The van der Waals surface area contributed by atoms with Crippen molar-refractivity contribution in [2.45, 2.75) is 44.3 Å². The second-order valence-corrected chi connectivity index (χ2v) is 14.5. The van der Waals surface area contributed by atoms with Crippen molar-refractivity contribution in [1.82, 2.24) is 30.1 Å². The molecule has 15 heteroatoms. The highest BCUT2D eigenvalue weighted by Gasteiger charge is 2.46. The van der Waals surface area contributed by atoms with Gasteiger partial charge >= 0.3 is 24.0 Å². The van der Waals surface area contributed by atoms with Gasteiger partial charge in [-0.3, -0.25) is 14.4 Å². The number of hydrogen-bond donors (Lipinski definition) is 2. The molecule has 2 N–H and O–H groups in total. The summed E-state index contributed by atoms with van der Waals surface area (Å²) in [5.74, 6) is -0.956.